The second-order valence-electron chi connectivity index (χ2n) is 9.68. The van der Waals surface area contributed by atoms with Gasteiger partial charge in [-0.3, -0.25) is 0 Å². The summed E-state index contributed by atoms with van der Waals surface area (Å²) >= 11 is 0. The zero-order valence-electron chi connectivity index (χ0n) is 20.1. The summed E-state index contributed by atoms with van der Waals surface area (Å²) in [6.45, 7) is 5.23. The van der Waals surface area contributed by atoms with Crippen LogP contribution in [-0.4, -0.2) is 66.1 Å². The van der Waals surface area contributed by atoms with Gasteiger partial charge in [0.2, 0.25) is 0 Å². The average Bonchev–Trinajstić information content (AvgIpc) is 3.41. The summed E-state index contributed by atoms with van der Waals surface area (Å²) in [6.07, 6.45) is 4.71. The van der Waals surface area contributed by atoms with E-state index in [0.29, 0.717) is 17.9 Å². The maximum Gasteiger partial charge on any atom is 0.408 e. The number of ether oxygens (including phenoxy) is 1. The molecule has 1 aliphatic rings. The summed E-state index contributed by atoms with van der Waals surface area (Å²) in [5.74, 6) is -1.21. The lowest BCUT2D eigenvalue weighted by Gasteiger charge is -2.25. The molecule has 0 bridgehead atoms. The van der Waals surface area contributed by atoms with Crippen LogP contribution in [0.5, 0.6) is 0 Å². The molecule has 1 atom stereocenters. The number of aromatic carboxylic acids is 1. The number of aliphatic hydroxyl groups is 1. The molecule has 36 heavy (non-hydrogen) atoms. The van der Waals surface area contributed by atoms with E-state index in [9.17, 15) is 24.2 Å². The Hall–Kier alpha value is -4.00. The number of carboxylic acids is 1. The monoisotopic (exact) mass is 501 g/mol. The number of rotatable bonds is 9. The van der Waals surface area contributed by atoms with Gasteiger partial charge in [-0.05, 0) is 45.7 Å². The van der Waals surface area contributed by atoms with Gasteiger partial charge in [-0.25, -0.2) is 28.5 Å². The number of hydrogen-bond donors (Lipinski definition) is 5. The first-order chi connectivity index (χ1) is 17.0. The maximum atomic E-state index is 14.1. The highest BCUT2D eigenvalue weighted by Crippen LogP contribution is 2.36. The predicted octanol–water partition coefficient (Wildman–Crippen LogP) is 2.58. The number of anilines is 2. The number of halogens is 1. The van der Waals surface area contributed by atoms with Crippen LogP contribution in [-0.2, 0) is 4.74 Å². The van der Waals surface area contributed by atoms with Crippen LogP contribution in [0.2, 0.25) is 0 Å². The van der Waals surface area contributed by atoms with Gasteiger partial charge in [0.05, 0.1) is 30.6 Å². The molecule has 3 heterocycles. The van der Waals surface area contributed by atoms with Crippen LogP contribution in [0.3, 0.4) is 0 Å². The molecular weight excluding hydrogens is 473 g/mol. The summed E-state index contributed by atoms with van der Waals surface area (Å²) in [6, 6.07) is 1.97. The van der Waals surface area contributed by atoms with Crippen molar-refractivity contribution in [2.24, 2.45) is 0 Å². The molecule has 0 radical (unpaired) electrons. The first-order valence-corrected chi connectivity index (χ1v) is 11.3. The summed E-state index contributed by atoms with van der Waals surface area (Å²) in [7, 11) is 0. The Kier molecular flexibility index (Phi) is 6.67. The summed E-state index contributed by atoms with van der Waals surface area (Å²) in [4.78, 5) is 32.1. The summed E-state index contributed by atoms with van der Waals surface area (Å²) in [5.41, 5.74) is -0.776. The lowest BCUT2D eigenvalue weighted by atomic mass is 10.1. The van der Waals surface area contributed by atoms with Gasteiger partial charge in [-0.2, -0.15) is 5.10 Å². The van der Waals surface area contributed by atoms with Crippen LogP contribution in [0.1, 0.15) is 55.6 Å². The van der Waals surface area contributed by atoms with E-state index in [4.69, 9.17) is 4.74 Å². The highest BCUT2D eigenvalue weighted by Gasteiger charge is 2.45. The largest absolute Gasteiger partial charge is 0.477 e. The Bertz CT molecular complexity index is 1290. The van der Waals surface area contributed by atoms with E-state index in [2.05, 4.69) is 31.0 Å². The van der Waals surface area contributed by atoms with Crippen LogP contribution in [0.15, 0.2) is 30.7 Å². The zero-order chi connectivity index (χ0) is 26.1. The minimum Gasteiger partial charge on any atom is -0.477 e. The van der Waals surface area contributed by atoms with Crippen LogP contribution >= 0.6 is 0 Å². The molecule has 0 spiro atoms. The second-order valence-corrected chi connectivity index (χ2v) is 9.68. The van der Waals surface area contributed by atoms with Crippen LogP contribution in [0, 0.1) is 5.82 Å². The van der Waals surface area contributed by atoms with Crippen molar-refractivity contribution in [2.45, 2.75) is 50.8 Å². The highest BCUT2D eigenvalue weighted by atomic mass is 19.1. The molecule has 1 amide bonds. The second kappa shape index (κ2) is 9.57. The van der Waals surface area contributed by atoms with E-state index >= 15 is 0 Å². The molecule has 3 aromatic heterocycles. The Morgan fingerprint density at radius 3 is 2.69 bits per heavy atom. The number of hydrogen-bond acceptors (Lipinski definition) is 9. The van der Waals surface area contributed by atoms with Crippen molar-refractivity contribution in [1.82, 2.24) is 24.9 Å². The lowest BCUT2D eigenvalue weighted by Crippen LogP contribution is -2.44. The Labute approximate surface area is 205 Å². The van der Waals surface area contributed by atoms with Crippen molar-refractivity contribution in [3.05, 3.63) is 47.7 Å². The molecule has 12 nitrogen and oxygen atoms in total. The molecule has 0 saturated heterocycles. The molecule has 1 unspecified atom stereocenters. The van der Waals surface area contributed by atoms with E-state index < -0.39 is 41.7 Å². The quantitative estimate of drug-likeness (QED) is 0.294. The van der Waals surface area contributed by atoms with E-state index in [-0.39, 0.29) is 17.0 Å². The van der Waals surface area contributed by atoms with Gasteiger partial charge in [0.15, 0.2) is 5.65 Å². The number of nitrogens with zero attached hydrogens (tertiary/aromatic N) is 4. The SMILES string of the molecule is CC(C)(C)OC(=O)NC1(CNc2ncc(F)cc2C(CO)Nc2ccn3ncc(C(=O)O)c3n2)CC1. The molecule has 13 heteroatoms. The Morgan fingerprint density at radius 2 is 2.06 bits per heavy atom. The van der Waals surface area contributed by atoms with Crippen molar-refractivity contribution >= 4 is 29.3 Å². The van der Waals surface area contributed by atoms with Gasteiger partial charge in [0, 0.05) is 18.3 Å². The van der Waals surface area contributed by atoms with Gasteiger partial charge in [-0.1, -0.05) is 0 Å². The average molecular weight is 502 g/mol. The Balaban J connectivity index is 1.51. The minimum atomic E-state index is -1.18. The lowest BCUT2D eigenvalue weighted by molar-refractivity contribution is 0.0499. The van der Waals surface area contributed by atoms with E-state index in [1.165, 1.54) is 23.0 Å². The van der Waals surface area contributed by atoms with Crippen LogP contribution in [0.25, 0.3) is 5.65 Å². The highest BCUT2D eigenvalue weighted by molar-refractivity contribution is 5.94. The third-order valence-electron chi connectivity index (χ3n) is 5.58. The molecule has 1 fully saturated rings. The third kappa shape index (κ3) is 5.79. The Morgan fingerprint density at radius 1 is 1.31 bits per heavy atom. The van der Waals surface area contributed by atoms with Crippen molar-refractivity contribution in [3.63, 3.8) is 0 Å². The van der Waals surface area contributed by atoms with E-state index in [0.717, 1.165) is 19.0 Å². The molecule has 1 aliphatic carbocycles. The minimum absolute atomic E-state index is 0.0822. The number of amides is 1. The first-order valence-electron chi connectivity index (χ1n) is 11.3. The number of aliphatic hydroxyl groups excluding tert-OH is 1. The predicted molar refractivity (Wildman–Crippen MR) is 127 cm³/mol. The van der Waals surface area contributed by atoms with Crippen molar-refractivity contribution in [2.75, 3.05) is 23.8 Å². The standard InChI is InChI=1S/C23H28FN7O5/c1-22(2,3)36-21(35)30-23(5-6-23)12-26-18-14(8-13(24)9-25-18)16(11-32)28-17-4-7-31-19(29-17)15(10-27-31)20(33)34/h4,7-10,16,32H,5-6,11-12H2,1-3H3,(H,25,26)(H,28,29)(H,30,35)(H,33,34). The number of carbonyl (C=O) groups is 2. The fraction of sp³-hybridized carbons (Fsp3) is 0.435. The fourth-order valence-electron chi connectivity index (χ4n) is 3.64. The van der Waals surface area contributed by atoms with Gasteiger partial charge in [0.25, 0.3) is 0 Å². The smallest absolute Gasteiger partial charge is 0.408 e. The molecule has 3 aromatic rings. The summed E-state index contributed by atoms with van der Waals surface area (Å²) < 4.78 is 20.8. The number of alkyl carbamates (subject to hydrolysis) is 1. The molecule has 0 aliphatic heterocycles. The van der Waals surface area contributed by atoms with Crippen molar-refractivity contribution in [3.8, 4) is 0 Å². The van der Waals surface area contributed by atoms with Gasteiger partial charge in [-0.15, -0.1) is 0 Å². The van der Waals surface area contributed by atoms with Crippen molar-refractivity contribution in [1.29, 1.82) is 0 Å². The molecule has 0 aromatic carbocycles. The van der Waals surface area contributed by atoms with Gasteiger partial charge in [0.1, 0.15) is 28.6 Å². The number of fused-ring (bicyclic) bond motifs is 1. The van der Waals surface area contributed by atoms with Crippen LogP contribution in [0.4, 0.5) is 20.8 Å². The normalized spacial score (nSPS) is 15.2. The van der Waals surface area contributed by atoms with Crippen LogP contribution < -0.4 is 16.0 Å². The molecular formula is C23H28FN7O5. The maximum absolute atomic E-state index is 14.1. The zero-order valence-corrected chi connectivity index (χ0v) is 20.1. The first kappa shape index (κ1) is 25.1. The molecule has 192 valence electrons. The number of carboxylic acid groups (broad SMARTS) is 1. The van der Waals surface area contributed by atoms with Gasteiger partial charge < -0.3 is 30.9 Å². The number of aromatic nitrogens is 4. The molecule has 4 rings (SSSR count). The third-order valence-corrected chi connectivity index (χ3v) is 5.58. The van der Waals surface area contributed by atoms with Crippen molar-refractivity contribution < 1.29 is 28.9 Å². The number of pyridine rings is 1. The molecule has 1 saturated carbocycles. The van der Waals surface area contributed by atoms with E-state index in [1.54, 1.807) is 26.8 Å². The number of carbonyl (C=O) groups excluding carboxylic acids is 1. The molecule has 5 N–H and O–H groups in total. The summed E-state index contributed by atoms with van der Waals surface area (Å²) in [5, 5.41) is 32.4. The number of nitrogens with one attached hydrogen (secondary N) is 3. The van der Waals surface area contributed by atoms with Gasteiger partial charge >= 0.3 is 12.1 Å². The fourth-order valence-corrected chi connectivity index (χ4v) is 3.64. The van der Waals surface area contributed by atoms with E-state index in [1.807, 2.05) is 0 Å². The topological polar surface area (TPSA) is 163 Å².